The second kappa shape index (κ2) is 7.67. The van der Waals surface area contributed by atoms with E-state index in [1.165, 1.54) is 24.3 Å². The average molecular weight is 446 g/mol. The molecule has 0 atom stereocenters. The molecule has 0 saturated carbocycles. The molecule has 0 radical (unpaired) electrons. The largest absolute Gasteiger partial charge is 0.325 e. The summed E-state index contributed by atoms with van der Waals surface area (Å²) in [6.45, 7) is 0. The third-order valence-corrected chi connectivity index (χ3v) is 6.29. The average Bonchev–Trinajstić information content (AvgIpc) is 2.45. The van der Waals surface area contributed by atoms with Gasteiger partial charge in [-0.05, 0) is 42.0 Å². The van der Waals surface area contributed by atoms with Crippen LogP contribution >= 0.6 is 15.9 Å². The smallest absolute Gasteiger partial charge is 0.239 e. The summed E-state index contributed by atoms with van der Waals surface area (Å²) >= 11 is 3.27. The van der Waals surface area contributed by atoms with Gasteiger partial charge in [0.15, 0.2) is 19.7 Å². The SMILES string of the molecule is CS(=O)(=O)c1ccc(NC(=O)CS(=O)(=O)Cc2cccc(Br)c2)cc1. The molecular weight excluding hydrogens is 430 g/mol. The lowest BCUT2D eigenvalue weighted by molar-refractivity contribution is -0.113. The lowest BCUT2D eigenvalue weighted by Gasteiger charge is -2.07. The number of sulfone groups is 2. The van der Waals surface area contributed by atoms with E-state index >= 15 is 0 Å². The standard InChI is InChI=1S/C16H16BrNO5S2/c1-24(20,21)15-7-5-14(6-8-15)18-16(19)11-25(22,23)10-12-3-2-4-13(17)9-12/h2-9H,10-11H2,1H3,(H,18,19). The van der Waals surface area contributed by atoms with Gasteiger partial charge in [0.1, 0.15) is 5.75 Å². The van der Waals surface area contributed by atoms with Crippen LogP contribution in [-0.2, 0) is 30.2 Å². The number of hydrogen-bond acceptors (Lipinski definition) is 5. The summed E-state index contributed by atoms with van der Waals surface area (Å²) in [5, 5.41) is 2.45. The lowest BCUT2D eigenvalue weighted by atomic mass is 10.2. The van der Waals surface area contributed by atoms with Gasteiger partial charge in [0.25, 0.3) is 0 Å². The molecule has 0 aromatic heterocycles. The van der Waals surface area contributed by atoms with Crippen LogP contribution in [0.4, 0.5) is 5.69 Å². The van der Waals surface area contributed by atoms with Crippen LogP contribution in [0, 0.1) is 0 Å². The Kier molecular flexibility index (Phi) is 6.02. The Morgan fingerprint density at radius 2 is 1.68 bits per heavy atom. The topological polar surface area (TPSA) is 97.4 Å². The minimum atomic E-state index is -3.63. The van der Waals surface area contributed by atoms with E-state index in [0.717, 1.165) is 10.7 Å². The molecule has 2 aromatic carbocycles. The monoisotopic (exact) mass is 445 g/mol. The minimum Gasteiger partial charge on any atom is -0.325 e. The number of hydrogen-bond donors (Lipinski definition) is 1. The van der Waals surface area contributed by atoms with Gasteiger partial charge >= 0.3 is 0 Å². The number of carbonyl (C=O) groups excluding carboxylic acids is 1. The first kappa shape index (κ1) is 19.6. The molecule has 0 spiro atoms. The van der Waals surface area contributed by atoms with E-state index in [0.29, 0.717) is 11.3 Å². The molecule has 0 fully saturated rings. The second-order valence-corrected chi connectivity index (χ2v) is 10.5. The van der Waals surface area contributed by atoms with Crippen molar-refractivity contribution in [1.82, 2.24) is 0 Å². The van der Waals surface area contributed by atoms with Gasteiger partial charge in [-0.3, -0.25) is 4.79 Å². The van der Waals surface area contributed by atoms with E-state index in [1.54, 1.807) is 24.3 Å². The maximum absolute atomic E-state index is 12.1. The normalized spacial score (nSPS) is 11.9. The van der Waals surface area contributed by atoms with Gasteiger partial charge in [0.05, 0.1) is 10.6 Å². The molecule has 0 heterocycles. The van der Waals surface area contributed by atoms with Crippen molar-refractivity contribution in [3.63, 3.8) is 0 Å². The van der Waals surface area contributed by atoms with Crippen molar-refractivity contribution in [2.24, 2.45) is 0 Å². The first-order chi connectivity index (χ1) is 11.5. The Labute approximate surface area is 155 Å². The van der Waals surface area contributed by atoms with Gasteiger partial charge in [0, 0.05) is 16.4 Å². The lowest BCUT2D eigenvalue weighted by Crippen LogP contribution is -2.24. The van der Waals surface area contributed by atoms with Crippen LogP contribution in [0.3, 0.4) is 0 Å². The quantitative estimate of drug-likeness (QED) is 0.735. The van der Waals surface area contributed by atoms with Gasteiger partial charge in [-0.1, -0.05) is 28.1 Å². The molecule has 2 aromatic rings. The zero-order valence-electron chi connectivity index (χ0n) is 13.3. The van der Waals surface area contributed by atoms with Crippen LogP contribution in [-0.4, -0.2) is 34.8 Å². The predicted octanol–water partition coefficient (Wildman–Crippen LogP) is 2.41. The van der Waals surface area contributed by atoms with E-state index in [4.69, 9.17) is 0 Å². The molecule has 25 heavy (non-hydrogen) atoms. The molecule has 0 aliphatic rings. The highest BCUT2D eigenvalue weighted by atomic mass is 79.9. The Morgan fingerprint density at radius 3 is 2.24 bits per heavy atom. The van der Waals surface area contributed by atoms with E-state index < -0.39 is 31.3 Å². The Balaban J connectivity index is 2.01. The van der Waals surface area contributed by atoms with Crippen LogP contribution in [0.1, 0.15) is 5.56 Å². The molecule has 0 saturated heterocycles. The molecule has 1 N–H and O–H groups in total. The number of anilines is 1. The van der Waals surface area contributed by atoms with Crippen LogP contribution in [0.2, 0.25) is 0 Å². The van der Waals surface area contributed by atoms with Gasteiger partial charge in [0.2, 0.25) is 5.91 Å². The minimum absolute atomic E-state index is 0.118. The molecule has 0 aliphatic carbocycles. The van der Waals surface area contributed by atoms with Crippen molar-refractivity contribution in [1.29, 1.82) is 0 Å². The number of carbonyl (C=O) groups is 1. The highest BCUT2D eigenvalue weighted by Gasteiger charge is 2.18. The van der Waals surface area contributed by atoms with Crippen molar-refractivity contribution in [2.75, 3.05) is 17.3 Å². The Morgan fingerprint density at radius 1 is 1.04 bits per heavy atom. The van der Waals surface area contributed by atoms with Crippen molar-refractivity contribution in [3.05, 3.63) is 58.6 Å². The fourth-order valence-corrected chi connectivity index (χ4v) is 4.45. The number of rotatable bonds is 6. The summed E-state index contributed by atoms with van der Waals surface area (Å²) in [5.41, 5.74) is 0.912. The second-order valence-electron chi connectivity index (χ2n) is 5.51. The van der Waals surface area contributed by atoms with E-state index in [1.807, 2.05) is 0 Å². The van der Waals surface area contributed by atoms with Crippen molar-refractivity contribution in [3.8, 4) is 0 Å². The van der Waals surface area contributed by atoms with Crippen LogP contribution in [0.5, 0.6) is 0 Å². The third kappa shape index (κ3) is 6.26. The fourth-order valence-electron chi connectivity index (χ4n) is 2.11. The first-order valence-corrected chi connectivity index (χ1v) is 11.6. The predicted molar refractivity (Wildman–Crippen MR) is 99.8 cm³/mol. The molecule has 134 valence electrons. The van der Waals surface area contributed by atoms with E-state index in [9.17, 15) is 21.6 Å². The third-order valence-electron chi connectivity index (χ3n) is 3.19. The zero-order valence-corrected chi connectivity index (χ0v) is 16.5. The van der Waals surface area contributed by atoms with Crippen LogP contribution < -0.4 is 5.32 Å². The maximum Gasteiger partial charge on any atom is 0.239 e. The summed E-state index contributed by atoms with van der Waals surface area (Å²) in [5.74, 6) is -1.58. The molecular formula is C16H16BrNO5S2. The van der Waals surface area contributed by atoms with Gasteiger partial charge in [-0.25, -0.2) is 16.8 Å². The molecule has 0 aliphatic heterocycles. The van der Waals surface area contributed by atoms with Gasteiger partial charge < -0.3 is 5.32 Å². The van der Waals surface area contributed by atoms with Crippen LogP contribution in [0.25, 0.3) is 0 Å². The summed E-state index contributed by atoms with van der Waals surface area (Å²) < 4.78 is 47.8. The highest BCUT2D eigenvalue weighted by Crippen LogP contribution is 2.16. The molecule has 2 rings (SSSR count). The van der Waals surface area contributed by atoms with Crippen molar-refractivity contribution in [2.45, 2.75) is 10.6 Å². The van der Waals surface area contributed by atoms with Crippen molar-refractivity contribution < 1.29 is 21.6 Å². The van der Waals surface area contributed by atoms with Crippen LogP contribution in [0.15, 0.2) is 57.9 Å². The molecule has 6 nitrogen and oxygen atoms in total. The molecule has 9 heteroatoms. The first-order valence-electron chi connectivity index (χ1n) is 7.10. The number of amides is 1. The van der Waals surface area contributed by atoms with Crippen molar-refractivity contribution >= 4 is 47.2 Å². The highest BCUT2D eigenvalue weighted by molar-refractivity contribution is 9.10. The number of nitrogens with one attached hydrogen (secondary N) is 1. The summed E-state index contributed by atoms with van der Waals surface area (Å²) in [4.78, 5) is 12.1. The Hall–Kier alpha value is -1.71. The molecule has 0 unspecified atom stereocenters. The van der Waals surface area contributed by atoms with Gasteiger partial charge in [-0.2, -0.15) is 0 Å². The number of halogens is 1. The molecule has 1 amide bonds. The number of benzene rings is 2. The Bertz CT molecular complexity index is 983. The summed E-state index contributed by atoms with van der Waals surface area (Å²) in [6.07, 6.45) is 1.08. The van der Waals surface area contributed by atoms with Gasteiger partial charge in [-0.15, -0.1) is 0 Å². The zero-order chi connectivity index (χ0) is 18.7. The summed E-state index contributed by atoms with van der Waals surface area (Å²) in [7, 11) is -6.96. The molecule has 0 bridgehead atoms. The maximum atomic E-state index is 12.1. The van der Waals surface area contributed by atoms with E-state index in [2.05, 4.69) is 21.2 Å². The summed E-state index contributed by atoms with van der Waals surface area (Å²) in [6, 6.07) is 12.4. The fraction of sp³-hybridized carbons (Fsp3) is 0.188. The van der Waals surface area contributed by atoms with E-state index in [-0.39, 0.29) is 10.6 Å².